The number of likely N-dealkylation sites (N-methyl/N-ethyl adjacent to an activating group) is 1. The number of aryl methyl sites for hydroxylation is 2. The number of nitrogens with zero attached hydrogens (tertiary/aromatic N) is 2. The lowest BCUT2D eigenvalue weighted by Gasteiger charge is -2.26. The number of anilines is 3. The van der Waals surface area contributed by atoms with Crippen molar-refractivity contribution in [3.8, 4) is 0 Å². The van der Waals surface area contributed by atoms with Crippen LogP contribution in [0, 0.1) is 0 Å². The maximum absolute atomic E-state index is 12.8. The summed E-state index contributed by atoms with van der Waals surface area (Å²) in [5.74, 6) is 0.0613. The van der Waals surface area contributed by atoms with Gasteiger partial charge in [-0.2, -0.15) is 0 Å². The van der Waals surface area contributed by atoms with E-state index in [1.165, 1.54) is 5.56 Å². The van der Waals surface area contributed by atoms with Gasteiger partial charge in [0.15, 0.2) is 0 Å². The molecule has 0 saturated heterocycles. The molecule has 0 spiro atoms. The van der Waals surface area contributed by atoms with Crippen molar-refractivity contribution >= 4 is 23.0 Å². The largest absolute Gasteiger partial charge is 0.399 e. The summed E-state index contributed by atoms with van der Waals surface area (Å²) >= 11 is 0. The highest BCUT2D eigenvalue weighted by Crippen LogP contribution is 2.37. The van der Waals surface area contributed by atoms with Crippen LogP contribution in [0.15, 0.2) is 42.5 Å². The number of nitrogens with two attached hydrogens (primary N) is 1. The minimum atomic E-state index is 0.0613. The van der Waals surface area contributed by atoms with Gasteiger partial charge in [-0.05, 0) is 56.3 Å². The molecule has 0 saturated carbocycles. The molecule has 0 atom stereocenters. The molecule has 114 valence electrons. The van der Waals surface area contributed by atoms with E-state index in [2.05, 4.69) is 6.07 Å². The van der Waals surface area contributed by atoms with Crippen molar-refractivity contribution in [1.29, 1.82) is 0 Å². The van der Waals surface area contributed by atoms with Crippen LogP contribution in [0.25, 0.3) is 0 Å². The monoisotopic (exact) mass is 295 g/mol. The molecule has 22 heavy (non-hydrogen) atoms. The van der Waals surface area contributed by atoms with Gasteiger partial charge < -0.3 is 10.6 Å². The van der Waals surface area contributed by atoms with Gasteiger partial charge in [0.1, 0.15) is 0 Å². The van der Waals surface area contributed by atoms with Crippen LogP contribution in [0.2, 0.25) is 0 Å². The molecular formula is C18H21N3O. The van der Waals surface area contributed by atoms with Crippen LogP contribution in [-0.4, -0.2) is 31.4 Å². The van der Waals surface area contributed by atoms with Crippen molar-refractivity contribution in [1.82, 2.24) is 4.90 Å². The van der Waals surface area contributed by atoms with Crippen LogP contribution in [0.3, 0.4) is 0 Å². The van der Waals surface area contributed by atoms with Gasteiger partial charge in [0.25, 0.3) is 0 Å². The number of amides is 1. The molecule has 1 aliphatic rings. The molecule has 4 nitrogen and oxygen atoms in total. The lowest BCUT2D eigenvalue weighted by Crippen LogP contribution is -2.35. The zero-order chi connectivity index (χ0) is 15.7. The van der Waals surface area contributed by atoms with Crippen LogP contribution in [0.1, 0.15) is 11.1 Å². The highest BCUT2D eigenvalue weighted by molar-refractivity contribution is 6.03. The molecule has 2 aromatic rings. The molecule has 0 bridgehead atoms. The van der Waals surface area contributed by atoms with E-state index < -0.39 is 0 Å². The highest BCUT2D eigenvalue weighted by Gasteiger charge is 2.25. The average Bonchev–Trinajstić information content (AvgIpc) is 2.62. The number of nitrogen functional groups attached to an aromatic ring is 1. The molecule has 4 heteroatoms. The topological polar surface area (TPSA) is 49.6 Å². The molecule has 0 unspecified atom stereocenters. The van der Waals surface area contributed by atoms with E-state index in [-0.39, 0.29) is 5.91 Å². The van der Waals surface area contributed by atoms with Crippen molar-refractivity contribution < 1.29 is 4.79 Å². The predicted octanol–water partition coefficient (Wildman–Crippen LogP) is 2.59. The van der Waals surface area contributed by atoms with E-state index in [0.717, 1.165) is 29.8 Å². The Hall–Kier alpha value is -2.33. The maximum Gasteiger partial charge on any atom is 0.245 e. The Kier molecular flexibility index (Phi) is 3.86. The summed E-state index contributed by atoms with van der Waals surface area (Å²) in [5, 5.41) is 0. The van der Waals surface area contributed by atoms with Crippen molar-refractivity contribution in [3.05, 3.63) is 53.6 Å². The summed E-state index contributed by atoms with van der Waals surface area (Å²) < 4.78 is 0. The molecule has 0 aromatic heterocycles. The van der Waals surface area contributed by atoms with Crippen molar-refractivity contribution in [2.75, 3.05) is 31.3 Å². The molecule has 3 rings (SSSR count). The first-order valence-electron chi connectivity index (χ1n) is 7.50. The maximum atomic E-state index is 12.8. The fourth-order valence-corrected chi connectivity index (χ4v) is 2.95. The number of hydrogen-bond donors (Lipinski definition) is 1. The number of rotatable bonds is 2. The highest BCUT2D eigenvalue weighted by atomic mass is 16.2. The first kappa shape index (κ1) is 14.6. The lowest BCUT2D eigenvalue weighted by atomic mass is 10.0. The summed E-state index contributed by atoms with van der Waals surface area (Å²) in [5.41, 5.74) is 10.9. The van der Waals surface area contributed by atoms with Gasteiger partial charge in [0.2, 0.25) is 5.91 Å². The zero-order valence-electron chi connectivity index (χ0n) is 13.0. The van der Waals surface area contributed by atoms with Gasteiger partial charge >= 0.3 is 0 Å². The first-order chi connectivity index (χ1) is 10.6. The van der Waals surface area contributed by atoms with Gasteiger partial charge in [-0.15, -0.1) is 0 Å². The smallest absolute Gasteiger partial charge is 0.245 e. The molecule has 0 aliphatic carbocycles. The normalized spacial score (nSPS) is 13.5. The summed E-state index contributed by atoms with van der Waals surface area (Å²) in [6.07, 6.45) is 1.84. The van der Waals surface area contributed by atoms with E-state index in [1.54, 1.807) is 0 Å². The van der Waals surface area contributed by atoms with E-state index >= 15 is 0 Å². The first-order valence-corrected chi connectivity index (χ1v) is 7.50. The van der Waals surface area contributed by atoms with Gasteiger partial charge in [-0.3, -0.25) is 9.69 Å². The molecule has 1 amide bonds. The zero-order valence-corrected chi connectivity index (χ0v) is 13.0. The second-order valence-electron chi connectivity index (χ2n) is 5.98. The van der Waals surface area contributed by atoms with Crippen LogP contribution < -0.4 is 10.6 Å². The average molecular weight is 295 g/mol. The predicted molar refractivity (Wildman–Crippen MR) is 90.4 cm³/mol. The Balaban J connectivity index is 2.16. The number of para-hydroxylation sites is 1. The minimum absolute atomic E-state index is 0.0613. The fourth-order valence-electron chi connectivity index (χ4n) is 2.95. The number of fused-ring (bicyclic) bond motifs is 2. The third-order valence-electron chi connectivity index (χ3n) is 3.95. The van der Waals surface area contributed by atoms with Crippen molar-refractivity contribution in [2.24, 2.45) is 0 Å². The Morgan fingerprint density at radius 3 is 2.50 bits per heavy atom. The molecule has 2 N–H and O–H groups in total. The summed E-state index contributed by atoms with van der Waals surface area (Å²) in [6.45, 7) is 0.364. The number of carbonyl (C=O) groups excluding carboxylic acids is 1. The Bertz CT molecular complexity index is 709. The lowest BCUT2D eigenvalue weighted by molar-refractivity contribution is -0.118. The van der Waals surface area contributed by atoms with Gasteiger partial charge in [0.05, 0.1) is 17.9 Å². The Morgan fingerprint density at radius 1 is 1.09 bits per heavy atom. The Morgan fingerprint density at radius 2 is 1.77 bits per heavy atom. The molecule has 0 fully saturated rings. The Labute approximate surface area is 131 Å². The summed E-state index contributed by atoms with van der Waals surface area (Å²) in [7, 11) is 3.81. The van der Waals surface area contributed by atoms with E-state index in [4.69, 9.17) is 5.73 Å². The van der Waals surface area contributed by atoms with E-state index in [1.807, 2.05) is 60.3 Å². The third kappa shape index (κ3) is 2.70. The van der Waals surface area contributed by atoms with Crippen LogP contribution in [0.4, 0.5) is 17.1 Å². The second kappa shape index (κ2) is 5.81. The van der Waals surface area contributed by atoms with E-state index in [9.17, 15) is 4.79 Å². The second-order valence-corrected chi connectivity index (χ2v) is 5.98. The van der Waals surface area contributed by atoms with Gasteiger partial charge in [0, 0.05) is 5.69 Å². The number of carbonyl (C=O) groups is 1. The number of hydrogen-bond acceptors (Lipinski definition) is 3. The van der Waals surface area contributed by atoms with Gasteiger partial charge in [-0.1, -0.05) is 24.3 Å². The summed E-state index contributed by atoms with van der Waals surface area (Å²) in [4.78, 5) is 16.6. The third-order valence-corrected chi connectivity index (χ3v) is 3.95. The van der Waals surface area contributed by atoms with Crippen molar-refractivity contribution in [2.45, 2.75) is 12.8 Å². The molecule has 1 heterocycles. The van der Waals surface area contributed by atoms with Crippen LogP contribution in [-0.2, 0) is 17.6 Å². The minimum Gasteiger partial charge on any atom is -0.399 e. The standard InChI is InChI=1S/C18H21N3O/c1-20(2)12-18(22)21-16-6-4-3-5-13(16)7-8-14-9-10-15(19)11-17(14)21/h3-6,9-11H,7-8,12,19H2,1-2H3. The van der Waals surface area contributed by atoms with Gasteiger partial charge in [-0.25, -0.2) is 0 Å². The summed E-state index contributed by atoms with van der Waals surface area (Å²) in [6, 6.07) is 14.0. The van der Waals surface area contributed by atoms with Crippen LogP contribution >= 0.6 is 0 Å². The van der Waals surface area contributed by atoms with E-state index in [0.29, 0.717) is 12.2 Å². The molecule has 2 aromatic carbocycles. The molecule has 1 aliphatic heterocycles. The molecular weight excluding hydrogens is 274 g/mol. The SMILES string of the molecule is CN(C)CC(=O)N1c2ccccc2CCc2ccc(N)cc21. The number of benzene rings is 2. The fraction of sp³-hybridized carbons (Fsp3) is 0.278. The quantitative estimate of drug-likeness (QED) is 0.866. The van der Waals surface area contributed by atoms with Crippen LogP contribution in [0.5, 0.6) is 0 Å². The van der Waals surface area contributed by atoms with Crippen molar-refractivity contribution in [3.63, 3.8) is 0 Å². The molecule has 0 radical (unpaired) electrons.